The van der Waals surface area contributed by atoms with Crippen molar-refractivity contribution in [2.45, 2.75) is 26.4 Å². The summed E-state index contributed by atoms with van der Waals surface area (Å²) in [5.74, 6) is 2.42. The molecular weight excluding hydrogens is 370 g/mol. The summed E-state index contributed by atoms with van der Waals surface area (Å²) in [6.07, 6.45) is 0.185. The summed E-state index contributed by atoms with van der Waals surface area (Å²) in [7, 11) is 3.29. The van der Waals surface area contributed by atoms with E-state index in [4.69, 9.17) is 9.47 Å². The van der Waals surface area contributed by atoms with Crippen LogP contribution in [-0.4, -0.2) is 50.2 Å². The average Bonchev–Trinajstić information content (AvgIpc) is 2.71. The Morgan fingerprint density at radius 1 is 1.14 bits per heavy atom. The van der Waals surface area contributed by atoms with Crippen molar-refractivity contribution in [1.29, 1.82) is 0 Å². The quantitative estimate of drug-likeness (QED) is 0.442. The van der Waals surface area contributed by atoms with Crippen LogP contribution in [0.25, 0.3) is 0 Å². The van der Waals surface area contributed by atoms with Gasteiger partial charge in [-0.3, -0.25) is 9.79 Å². The fourth-order valence-corrected chi connectivity index (χ4v) is 2.55. The van der Waals surface area contributed by atoms with Gasteiger partial charge in [-0.1, -0.05) is 18.2 Å². The van der Waals surface area contributed by atoms with Gasteiger partial charge in [-0.25, -0.2) is 4.98 Å². The molecule has 8 nitrogen and oxygen atoms in total. The first-order chi connectivity index (χ1) is 14.0. The summed E-state index contributed by atoms with van der Waals surface area (Å²) >= 11 is 0. The van der Waals surface area contributed by atoms with E-state index >= 15 is 0 Å². The van der Waals surface area contributed by atoms with Crippen LogP contribution in [0.5, 0.6) is 11.5 Å². The molecule has 0 saturated carbocycles. The number of hydrogen-bond donors (Lipinski definition) is 3. The van der Waals surface area contributed by atoms with Crippen molar-refractivity contribution >= 4 is 17.7 Å². The molecule has 2 rings (SSSR count). The molecule has 8 heteroatoms. The van der Waals surface area contributed by atoms with Crippen LogP contribution >= 0.6 is 0 Å². The second kappa shape index (κ2) is 11.5. The molecule has 0 fully saturated rings. The summed E-state index contributed by atoms with van der Waals surface area (Å²) in [6.45, 7) is 4.82. The van der Waals surface area contributed by atoms with E-state index in [-0.39, 0.29) is 12.0 Å². The van der Waals surface area contributed by atoms with E-state index in [1.54, 1.807) is 20.2 Å². The highest BCUT2D eigenvalue weighted by atomic mass is 16.5. The molecule has 1 aromatic carbocycles. The fourth-order valence-electron chi connectivity index (χ4n) is 2.55. The molecule has 1 aromatic heterocycles. The summed E-state index contributed by atoms with van der Waals surface area (Å²) in [5.41, 5.74) is 0.856. The third kappa shape index (κ3) is 7.69. The number of carbonyl (C=O) groups excluding carboxylic acids is 1. The number of rotatable bonds is 9. The summed E-state index contributed by atoms with van der Waals surface area (Å²) in [5, 5.41) is 9.08. The fraction of sp³-hybridized carbons (Fsp3) is 0.381. The molecule has 29 heavy (non-hydrogen) atoms. The van der Waals surface area contributed by atoms with Crippen molar-refractivity contribution in [3.05, 3.63) is 48.2 Å². The van der Waals surface area contributed by atoms with Crippen LogP contribution in [-0.2, 0) is 4.79 Å². The lowest BCUT2D eigenvalue weighted by molar-refractivity contribution is -0.116. The van der Waals surface area contributed by atoms with Gasteiger partial charge < -0.3 is 25.4 Å². The zero-order valence-corrected chi connectivity index (χ0v) is 17.4. The number of para-hydroxylation sites is 2. The molecule has 0 spiro atoms. The molecule has 0 aliphatic carbocycles. The topological polar surface area (TPSA) is 96.9 Å². The van der Waals surface area contributed by atoms with Gasteiger partial charge in [0, 0.05) is 25.7 Å². The number of aryl methyl sites for hydroxylation is 1. The smallest absolute Gasteiger partial charge is 0.227 e. The lowest BCUT2D eigenvalue weighted by atomic mass is 10.3. The van der Waals surface area contributed by atoms with Crippen LogP contribution < -0.4 is 25.4 Å². The number of nitrogens with zero attached hydrogens (tertiary/aromatic N) is 2. The van der Waals surface area contributed by atoms with E-state index in [0.29, 0.717) is 42.8 Å². The minimum atomic E-state index is -0.112. The number of hydrogen-bond acceptors (Lipinski definition) is 5. The molecule has 1 heterocycles. The number of nitrogens with one attached hydrogen (secondary N) is 3. The molecule has 1 amide bonds. The predicted octanol–water partition coefficient (Wildman–Crippen LogP) is 2.36. The van der Waals surface area contributed by atoms with Crippen molar-refractivity contribution in [2.75, 3.05) is 32.6 Å². The second-order valence-electron chi connectivity index (χ2n) is 6.42. The first kappa shape index (κ1) is 22.0. The minimum absolute atomic E-state index is 0.111. The van der Waals surface area contributed by atoms with Crippen molar-refractivity contribution in [3.8, 4) is 11.5 Å². The van der Waals surface area contributed by atoms with E-state index in [1.807, 2.05) is 50.2 Å². The van der Waals surface area contributed by atoms with E-state index in [1.165, 1.54) is 0 Å². The zero-order chi connectivity index (χ0) is 21.1. The maximum Gasteiger partial charge on any atom is 0.227 e. The van der Waals surface area contributed by atoms with Gasteiger partial charge in [0.25, 0.3) is 0 Å². The molecule has 2 aromatic rings. The van der Waals surface area contributed by atoms with Crippen LogP contribution in [0.1, 0.15) is 19.0 Å². The van der Waals surface area contributed by atoms with Gasteiger partial charge in [-0.15, -0.1) is 0 Å². The number of guanidine groups is 1. The third-order valence-corrected chi connectivity index (χ3v) is 3.98. The number of pyridine rings is 1. The largest absolute Gasteiger partial charge is 0.493 e. The van der Waals surface area contributed by atoms with Gasteiger partial charge in [0.2, 0.25) is 5.91 Å². The van der Waals surface area contributed by atoms with Crippen LogP contribution in [0.3, 0.4) is 0 Å². The standard InChI is InChI=1S/C21H29N5O3/c1-15-8-7-11-19(25-15)26-20(27)12-13-23-21(22-3)24-14-16(2)29-18-10-6-5-9-17(18)28-4/h5-11,16H,12-14H2,1-4H3,(H2,22,23,24)(H,25,26,27). The Labute approximate surface area is 171 Å². The monoisotopic (exact) mass is 399 g/mol. The van der Waals surface area contributed by atoms with Gasteiger partial charge in [0.15, 0.2) is 17.5 Å². The third-order valence-electron chi connectivity index (χ3n) is 3.98. The Morgan fingerprint density at radius 2 is 1.90 bits per heavy atom. The molecule has 0 saturated heterocycles. The van der Waals surface area contributed by atoms with Crippen molar-refractivity contribution in [1.82, 2.24) is 15.6 Å². The van der Waals surface area contributed by atoms with Crippen molar-refractivity contribution < 1.29 is 14.3 Å². The average molecular weight is 399 g/mol. The second-order valence-corrected chi connectivity index (χ2v) is 6.42. The minimum Gasteiger partial charge on any atom is -0.493 e. The molecule has 0 aliphatic rings. The number of benzene rings is 1. The van der Waals surface area contributed by atoms with Crippen LogP contribution in [0, 0.1) is 6.92 Å². The molecule has 0 aliphatic heterocycles. The lowest BCUT2D eigenvalue weighted by Crippen LogP contribution is -2.42. The number of amides is 1. The Bertz CT molecular complexity index is 825. The predicted molar refractivity (Wildman–Crippen MR) is 115 cm³/mol. The summed E-state index contributed by atoms with van der Waals surface area (Å²) in [6, 6.07) is 13.0. The van der Waals surface area contributed by atoms with Crippen molar-refractivity contribution in [2.24, 2.45) is 4.99 Å². The number of aromatic nitrogens is 1. The Morgan fingerprint density at radius 3 is 2.59 bits per heavy atom. The highest BCUT2D eigenvalue weighted by Gasteiger charge is 2.10. The van der Waals surface area contributed by atoms with Gasteiger partial charge >= 0.3 is 0 Å². The zero-order valence-electron chi connectivity index (χ0n) is 17.4. The SMILES string of the molecule is CN=C(NCCC(=O)Nc1cccc(C)n1)NCC(C)Oc1ccccc1OC. The van der Waals surface area contributed by atoms with E-state index in [9.17, 15) is 4.79 Å². The number of ether oxygens (including phenoxy) is 2. The molecule has 0 bridgehead atoms. The Balaban J connectivity index is 1.71. The van der Waals surface area contributed by atoms with E-state index in [2.05, 4.69) is 25.9 Å². The van der Waals surface area contributed by atoms with Gasteiger partial charge in [0.05, 0.1) is 13.7 Å². The maximum absolute atomic E-state index is 12.0. The highest BCUT2D eigenvalue weighted by Crippen LogP contribution is 2.26. The Hall–Kier alpha value is -3.29. The molecule has 1 atom stereocenters. The molecule has 156 valence electrons. The molecule has 0 radical (unpaired) electrons. The normalized spacial score (nSPS) is 12.1. The van der Waals surface area contributed by atoms with Crippen LogP contribution in [0.15, 0.2) is 47.5 Å². The summed E-state index contributed by atoms with van der Waals surface area (Å²) < 4.78 is 11.2. The summed E-state index contributed by atoms with van der Waals surface area (Å²) in [4.78, 5) is 20.5. The van der Waals surface area contributed by atoms with E-state index < -0.39 is 0 Å². The van der Waals surface area contributed by atoms with E-state index in [0.717, 1.165) is 5.69 Å². The first-order valence-electron chi connectivity index (χ1n) is 9.49. The maximum atomic E-state index is 12.0. The molecular formula is C21H29N5O3. The Kier molecular flexibility index (Phi) is 8.75. The van der Waals surface area contributed by atoms with Crippen LogP contribution in [0.4, 0.5) is 5.82 Å². The van der Waals surface area contributed by atoms with Crippen LogP contribution in [0.2, 0.25) is 0 Å². The van der Waals surface area contributed by atoms with Gasteiger partial charge in [-0.05, 0) is 38.1 Å². The number of anilines is 1. The van der Waals surface area contributed by atoms with Gasteiger partial charge in [-0.2, -0.15) is 0 Å². The first-order valence-corrected chi connectivity index (χ1v) is 9.49. The molecule has 3 N–H and O–H groups in total. The number of aliphatic imine (C=N–C) groups is 1. The molecule has 1 unspecified atom stereocenters. The number of carbonyl (C=O) groups is 1. The van der Waals surface area contributed by atoms with Gasteiger partial charge in [0.1, 0.15) is 11.9 Å². The lowest BCUT2D eigenvalue weighted by Gasteiger charge is -2.19. The van der Waals surface area contributed by atoms with Crippen molar-refractivity contribution in [3.63, 3.8) is 0 Å². The highest BCUT2D eigenvalue weighted by molar-refractivity contribution is 5.90. The number of methoxy groups -OCH3 is 1.